The van der Waals surface area contributed by atoms with Gasteiger partial charge in [-0.3, -0.25) is 4.79 Å². The van der Waals surface area contributed by atoms with Gasteiger partial charge in [-0.2, -0.15) is 0 Å². The standard InChI is InChI=1S/C19H31NO/c1-16(2)10-13-20(14-11-17(3)4)15-12-19(21)18-8-6-5-7-9-18/h5-9,16-17H,10-15H2,1-4H3. The Morgan fingerprint density at radius 1 is 0.905 bits per heavy atom. The van der Waals surface area contributed by atoms with Crippen molar-refractivity contribution in [2.24, 2.45) is 11.8 Å². The number of carbonyl (C=O) groups is 1. The smallest absolute Gasteiger partial charge is 0.164 e. The Labute approximate surface area is 130 Å². The average Bonchev–Trinajstić information content (AvgIpc) is 2.46. The van der Waals surface area contributed by atoms with Crippen LogP contribution in [0.2, 0.25) is 0 Å². The second-order valence-electron chi connectivity index (χ2n) is 6.75. The topological polar surface area (TPSA) is 20.3 Å². The molecule has 118 valence electrons. The fourth-order valence-corrected chi connectivity index (χ4v) is 2.24. The molecule has 0 spiro atoms. The molecule has 0 aliphatic heterocycles. The van der Waals surface area contributed by atoms with Gasteiger partial charge >= 0.3 is 0 Å². The van der Waals surface area contributed by atoms with Gasteiger partial charge in [0.2, 0.25) is 0 Å². The first kappa shape index (κ1) is 17.9. The summed E-state index contributed by atoms with van der Waals surface area (Å²) in [5, 5.41) is 0. The second kappa shape index (κ2) is 9.73. The third kappa shape index (κ3) is 8.01. The number of nitrogens with zero attached hydrogens (tertiary/aromatic N) is 1. The monoisotopic (exact) mass is 289 g/mol. The SMILES string of the molecule is CC(C)CCN(CCC(=O)c1ccccc1)CCC(C)C. The Balaban J connectivity index is 2.45. The number of Topliss-reactive ketones (excluding diaryl/α,β-unsaturated/α-hetero) is 1. The van der Waals surface area contributed by atoms with E-state index in [1.54, 1.807) is 0 Å². The second-order valence-corrected chi connectivity index (χ2v) is 6.75. The van der Waals surface area contributed by atoms with Gasteiger partial charge in [-0.1, -0.05) is 58.0 Å². The van der Waals surface area contributed by atoms with E-state index >= 15 is 0 Å². The lowest BCUT2D eigenvalue weighted by atomic mass is 10.1. The van der Waals surface area contributed by atoms with Crippen molar-refractivity contribution >= 4 is 5.78 Å². The molecule has 0 atom stereocenters. The molecule has 0 fully saturated rings. The Kier molecular flexibility index (Phi) is 8.29. The summed E-state index contributed by atoms with van der Waals surface area (Å²) >= 11 is 0. The molecule has 0 aliphatic carbocycles. The van der Waals surface area contributed by atoms with Crippen LogP contribution in [0, 0.1) is 11.8 Å². The Morgan fingerprint density at radius 3 is 1.90 bits per heavy atom. The zero-order valence-corrected chi connectivity index (χ0v) is 14.1. The molecular weight excluding hydrogens is 258 g/mol. The van der Waals surface area contributed by atoms with Crippen molar-refractivity contribution in [2.75, 3.05) is 19.6 Å². The normalized spacial score (nSPS) is 11.6. The van der Waals surface area contributed by atoms with Gasteiger partial charge < -0.3 is 4.90 Å². The number of benzene rings is 1. The molecule has 0 unspecified atom stereocenters. The molecule has 0 aliphatic rings. The van der Waals surface area contributed by atoms with E-state index in [9.17, 15) is 4.79 Å². The molecule has 1 aromatic rings. The van der Waals surface area contributed by atoms with Crippen LogP contribution in [0.1, 0.15) is 57.3 Å². The van der Waals surface area contributed by atoms with E-state index in [0.29, 0.717) is 6.42 Å². The van der Waals surface area contributed by atoms with Crippen LogP contribution in [0.3, 0.4) is 0 Å². The van der Waals surface area contributed by atoms with E-state index in [1.807, 2.05) is 30.3 Å². The quantitative estimate of drug-likeness (QED) is 0.584. The van der Waals surface area contributed by atoms with Gasteiger partial charge in [-0.25, -0.2) is 0 Å². The number of hydrogen-bond acceptors (Lipinski definition) is 2. The highest BCUT2D eigenvalue weighted by Crippen LogP contribution is 2.09. The molecule has 0 bridgehead atoms. The molecule has 21 heavy (non-hydrogen) atoms. The molecule has 0 heterocycles. The molecule has 1 aromatic carbocycles. The summed E-state index contributed by atoms with van der Waals surface area (Å²) in [6, 6.07) is 9.64. The minimum absolute atomic E-state index is 0.259. The highest BCUT2D eigenvalue weighted by Gasteiger charge is 2.11. The van der Waals surface area contributed by atoms with Crippen molar-refractivity contribution in [3.8, 4) is 0 Å². The summed E-state index contributed by atoms with van der Waals surface area (Å²) in [4.78, 5) is 14.7. The van der Waals surface area contributed by atoms with Crippen molar-refractivity contribution in [1.29, 1.82) is 0 Å². The summed E-state index contributed by atoms with van der Waals surface area (Å²) in [6.45, 7) is 12.1. The summed E-state index contributed by atoms with van der Waals surface area (Å²) in [6.07, 6.45) is 3.04. The molecule has 0 saturated carbocycles. The molecule has 0 saturated heterocycles. The van der Waals surface area contributed by atoms with Crippen LogP contribution in [0.15, 0.2) is 30.3 Å². The van der Waals surface area contributed by atoms with Crippen LogP contribution in [-0.4, -0.2) is 30.3 Å². The van der Waals surface area contributed by atoms with E-state index in [0.717, 1.165) is 37.0 Å². The molecule has 1 rings (SSSR count). The molecule has 0 N–H and O–H groups in total. The van der Waals surface area contributed by atoms with E-state index in [4.69, 9.17) is 0 Å². The molecule has 0 amide bonds. The van der Waals surface area contributed by atoms with Crippen LogP contribution in [0.25, 0.3) is 0 Å². The van der Waals surface area contributed by atoms with Crippen LogP contribution in [-0.2, 0) is 0 Å². The maximum absolute atomic E-state index is 12.2. The van der Waals surface area contributed by atoms with E-state index in [-0.39, 0.29) is 5.78 Å². The van der Waals surface area contributed by atoms with Gasteiger partial charge in [0.15, 0.2) is 5.78 Å². The Hall–Kier alpha value is -1.15. The van der Waals surface area contributed by atoms with Crippen LogP contribution in [0.4, 0.5) is 0 Å². The molecule has 2 heteroatoms. The van der Waals surface area contributed by atoms with Crippen molar-refractivity contribution in [3.05, 3.63) is 35.9 Å². The number of rotatable bonds is 10. The summed E-state index contributed by atoms with van der Waals surface area (Å²) in [5.74, 6) is 1.70. The van der Waals surface area contributed by atoms with Gasteiger partial charge in [0.1, 0.15) is 0 Å². The van der Waals surface area contributed by atoms with Crippen molar-refractivity contribution in [2.45, 2.75) is 47.0 Å². The zero-order valence-electron chi connectivity index (χ0n) is 14.1. The van der Waals surface area contributed by atoms with Crippen LogP contribution < -0.4 is 0 Å². The van der Waals surface area contributed by atoms with Gasteiger partial charge in [-0.05, 0) is 37.8 Å². The largest absolute Gasteiger partial charge is 0.303 e. The predicted molar refractivity (Wildman–Crippen MR) is 90.7 cm³/mol. The molecular formula is C19H31NO. The lowest BCUT2D eigenvalue weighted by Gasteiger charge is -2.23. The number of carbonyl (C=O) groups excluding carboxylic acids is 1. The highest BCUT2D eigenvalue weighted by molar-refractivity contribution is 5.96. The number of ketones is 1. The minimum atomic E-state index is 0.259. The highest BCUT2D eigenvalue weighted by atomic mass is 16.1. The van der Waals surface area contributed by atoms with Gasteiger partial charge in [0, 0.05) is 18.5 Å². The van der Waals surface area contributed by atoms with E-state index < -0.39 is 0 Å². The fourth-order valence-electron chi connectivity index (χ4n) is 2.24. The summed E-state index contributed by atoms with van der Waals surface area (Å²) in [7, 11) is 0. The Morgan fingerprint density at radius 2 is 1.43 bits per heavy atom. The first-order chi connectivity index (χ1) is 9.99. The molecule has 0 aromatic heterocycles. The third-order valence-corrected chi connectivity index (χ3v) is 3.80. The molecule has 0 radical (unpaired) electrons. The van der Waals surface area contributed by atoms with E-state index in [2.05, 4.69) is 32.6 Å². The third-order valence-electron chi connectivity index (χ3n) is 3.80. The van der Waals surface area contributed by atoms with E-state index in [1.165, 1.54) is 12.8 Å². The van der Waals surface area contributed by atoms with Crippen LogP contribution in [0.5, 0.6) is 0 Å². The lowest BCUT2D eigenvalue weighted by Crippen LogP contribution is -2.30. The predicted octanol–water partition coefficient (Wildman–Crippen LogP) is 4.65. The lowest BCUT2D eigenvalue weighted by molar-refractivity contribution is 0.0961. The molecule has 2 nitrogen and oxygen atoms in total. The fraction of sp³-hybridized carbons (Fsp3) is 0.632. The first-order valence-electron chi connectivity index (χ1n) is 8.29. The first-order valence-corrected chi connectivity index (χ1v) is 8.29. The maximum atomic E-state index is 12.2. The van der Waals surface area contributed by atoms with Crippen molar-refractivity contribution in [1.82, 2.24) is 4.90 Å². The minimum Gasteiger partial charge on any atom is -0.303 e. The van der Waals surface area contributed by atoms with Crippen molar-refractivity contribution < 1.29 is 4.79 Å². The average molecular weight is 289 g/mol. The van der Waals surface area contributed by atoms with Crippen molar-refractivity contribution in [3.63, 3.8) is 0 Å². The van der Waals surface area contributed by atoms with Crippen LogP contribution >= 0.6 is 0 Å². The maximum Gasteiger partial charge on any atom is 0.164 e. The zero-order chi connectivity index (χ0) is 15.7. The summed E-state index contributed by atoms with van der Waals surface area (Å²) in [5.41, 5.74) is 0.838. The Bertz CT molecular complexity index is 385. The number of hydrogen-bond donors (Lipinski definition) is 0. The summed E-state index contributed by atoms with van der Waals surface area (Å²) < 4.78 is 0. The van der Waals surface area contributed by atoms with Gasteiger partial charge in [0.05, 0.1) is 0 Å². The van der Waals surface area contributed by atoms with Gasteiger partial charge in [0.25, 0.3) is 0 Å². The van der Waals surface area contributed by atoms with Gasteiger partial charge in [-0.15, -0.1) is 0 Å².